The molecule has 1 aromatic heterocycles. The third kappa shape index (κ3) is 6.13. The van der Waals surface area contributed by atoms with Gasteiger partial charge in [0.05, 0.1) is 19.3 Å². The number of nitrogens with zero attached hydrogens (tertiary/aromatic N) is 1. The Hall–Kier alpha value is -1.41. The fourth-order valence-electron chi connectivity index (χ4n) is 3.57. The van der Waals surface area contributed by atoms with E-state index in [2.05, 4.69) is 0 Å². The van der Waals surface area contributed by atoms with Crippen LogP contribution in [0.3, 0.4) is 0 Å². The number of hydrogen-bond acceptors (Lipinski definition) is 8. The van der Waals surface area contributed by atoms with Crippen molar-refractivity contribution >= 4 is 36.7 Å². The van der Waals surface area contributed by atoms with Crippen LogP contribution in [0.5, 0.6) is 5.06 Å². The number of hydrogen-bond donors (Lipinski definition) is 0. The van der Waals surface area contributed by atoms with Crippen molar-refractivity contribution in [3.8, 4) is 5.06 Å². The number of phosphoric ester groups is 1. The molecule has 0 aliphatic carbocycles. The van der Waals surface area contributed by atoms with E-state index in [9.17, 15) is 9.36 Å². The molecule has 3 rings (SSSR count). The average molecular weight is 502 g/mol. The summed E-state index contributed by atoms with van der Waals surface area (Å²) in [5.74, 6) is -0.367. The van der Waals surface area contributed by atoms with Gasteiger partial charge in [-0.15, -0.1) is 11.3 Å². The van der Waals surface area contributed by atoms with Crippen molar-refractivity contribution in [2.24, 2.45) is 0 Å². The van der Waals surface area contributed by atoms with Gasteiger partial charge < -0.3 is 9.26 Å². The molecule has 2 aromatic rings. The van der Waals surface area contributed by atoms with Crippen LogP contribution in [0, 0.1) is 0 Å². The highest BCUT2D eigenvalue weighted by atomic mass is 35.5. The molecule has 0 N–H and O–H groups in total. The highest BCUT2D eigenvalue weighted by Crippen LogP contribution is 2.53. The summed E-state index contributed by atoms with van der Waals surface area (Å²) in [6.07, 6.45) is 0.0731. The first-order valence-electron chi connectivity index (χ1n) is 10.5. The topological polar surface area (TPSA) is 74.3 Å². The minimum Gasteiger partial charge on any atom is -0.468 e. The van der Waals surface area contributed by atoms with Crippen LogP contribution >= 0.6 is 30.8 Å². The predicted octanol–water partition coefficient (Wildman–Crippen LogP) is 6.01. The number of phosphoric acid groups is 1. The molecule has 1 unspecified atom stereocenters. The Morgan fingerprint density at radius 3 is 2.41 bits per heavy atom. The second kappa shape index (κ2) is 10.7. The van der Waals surface area contributed by atoms with Crippen molar-refractivity contribution in [2.75, 3.05) is 13.7 Å². The molecule has 10 heteroatoms. The first-order chi connectivity index (χ1) is 15.1. The summed E-state index contributed by atoms with van der Waals surface area (Å²) < 4.78 is 34.9. The largest absolute Gasteiger partial charge is 0.531 e. The maximum atomic E-state index is 13.1. The van der Waals surface area contributed by atoms with E-state index in [1.807, 2.05) is 29.2 Å². The number of fused-ring (bicyclic) bond motifs is 1. The Kier molecular flexibility index (Phi) is 8.42. The summed E-state index contributed by atoms with van der Waals surface area (Å²) in [7, 11) is -2.39. The standard InChI is InChI=1S/C22H29ClNO6PS/c1-14(2)28-31(26,29-15(3)4)30-20-12-16-13-24(11-10-19(16)32-20)21(22(25)27-5)17-8-6-7-9-18(17)23/h6-9,12,14-15,21H,10-11,13H2,1-5H3. The number of esters is 1. The van der Waals surface area contributed by atoms with Gasteiger partial charge in [0, 0.05) is 23.0 Å². The second-order valence-corrected chi connectivity index (χ2v) is 11.0. The molecule has 0 fully saturated rings. The van der Waals surface area contributed by atoms with Gasteiger partial charge in [0.15, 0.2) is 5.06 Å². The molecular formula is C22H29ClNO6PS. The van der Waals surface area contributed by atoms with Crippen molar-refractivity contribution in [3.05, 3.63) is 51.4 Å². The molecular weight excluding hydrogens is 473 g/mol. The van der Waals surface area contributed by atoms with Crippen LogP contribution in [-0.4, -0.2) is 36.7 Å². The molecule has 0 amide bonds. The molecule has 0 bridgehead atoms. The number of benzene rings is 1. The number of thiophene rings is 1. The second-order valence-electron chi connectivity index (χ2n) is 8.03. The van der Waals surface area contributed by atoms with Gasteiger partial charge >= 0.3 is 13.8 Å². The van der Waals surface area contributed by atoms with Gasteiger partial charge in [-0.3, -0.25) is 13.9 Å². The smallest absolute Gasteiger partial charge is 0.468 e. The van der Waals surface area contributed by atoms with E-state index in [4.69, 9.17) is 29.9 Å². The van der Waals surface area contributed by atoms with Crippen molar-refractivity contribution in [2.45, 2.75) is 58.9 Å². The van der Waals surface area contributed by atoms with E-state index >= 15 is 0 Å². The summed E-state index contributed by atoms with van der Waals surface area (Å²) in [6.45, 7) is 8.25. The van der Waals surface area contributed by atoms with E-state index in [1.165, 1.54) is 18.4 Å². The van der Waals surface area contributed by atoms with Crippen molar-refractivity contribution in [1.29, 1.82) is 0 Å². The van der Waals surface area contributed by atoms with Crippen LogP contribution in [0.15, 0.2) is 30.3 Å². The maximum absolute atomic E-state index is 13.1. The number of halogens is 1. The van der Waals surface area contributed by atoms with Crippen LogP contribution in [0.4, 0.5) is 0 Å². The Bertz CT molecular complexity index is 981. The first-order valence-corrected chi connectivity index (χ1v) is 13.1. The summed E-state index contributed by atoms with van der Waals surface area (Å²) in [6, 6.07) is 8.50. The van der Waals surface area contributed by atoms with Gasteiger partial charge in [0.2, 0.25) is 0 Å². The number of methoxy groups -OCH3 is 1. The lowest BCUT2D eigenvalue weighted by Crippen LogP contribution is -2.38. The van der Waals surface area contributed by atoms with Crippen LogP contribution < -0.4 is 4.52 Å². The zero-order valence-corrected chi connectivity index (χ0v) is 21.3. The molecule has 0 saturated heterocycles. The summed E-state index contributed by atoms with van der Waals surface area (Å²) in [4.78, 5) is 15.8. The molecule has 2 heterocycles. The molecule has 1 aliphatic rings. The zero-order chi connectivity index (χ0) is 23.5. The normalized spacial score (nSPS) is 15.6. The predicted molar refractivity (Wildman–Crippen MR) is 125 cm³/mol. The van der Waals surface area contributed by atoms with Crippen molar-refractivity contribution < 1.29 is 27.7 Å². The molecule has 0 radical (unpaired) electrons. The van der Waals surface area contributed by atoms with E-state index in [-0.39, 0.29) is 18.2 Å². The molecule has 32 heavy (non-hydrogen) atoms. The van der Waals surface area contributed by atoms with E-state index in [1.54, 1.807) is 33.8 Å². The van der Waals surface area contributed by atoms with Gasteiger partial charge in [-0.05, 0) is 57.4 Å². The molecule has 0 spiro atoms. The quantitative estimate of drug-likeness (QED) is 0.307. The SMILES string of the molecule is COC(=O)C(c1ccccc1Cl)N1CCc2sc(OP(=O)(OC(C)C)OC(C)C)cc2C1. The van der Waals surface area contributed by atoms with E-state index in [0.717, 1.165) is 10.4 Å². The lowest BCUT2D eigenvalue weighted by atomic mass is 10.0. The minimum atomic E-state index is -3.76. The van der Waals surface area contributed by atoms with Gasteiger partial charge in [0.25, 0.3) is 0 Å². The lowest BCUT2D eigenvalue weighted by molar-refractivity contribution is -0.147. The molecule has 1 atom stereocenters. The molecule has 1 aromatic carbocycles. The van der Waals surface area contributed by atoms with Crippen LogP contribution in [0.1, 0.15) is 49.7 Å². The third-order valence-corrected chi connectivity index (χ3v) is 8.11. The number of ether oxygens (including phenoxy) is 1. The van der Waals surface area contributed by atoms with Gasteiger partial charge in [-0.25, -0.2) is 9.36 Å². The highest BCUT2D eigenvalue weighted by Gasteiger charge is 2.35. The van der Waals surface area contributed by atoms with Crippen molar-refractivity contribution in [3.63, 3.8) is 0 Å². The Morgan fingerprint density at radius 2 is 1.81 bits per heavy atom. The minimum absolute atomic E-state index is 0.318. The van der Waals surface area contributed by atoms with Gasteiger partial charge in [0.1, 0.15) is 6.04 Å². The van der Waals surface area contributed by atoms with Crippen molar-refractivity contribution in [1.82, 2.24) is 4.90 Å². The van der Waals surface area contributed by atoms with Crippen LogP contribution in [0.25, 0.3) is 0 Å². The summed E-state index contributed by atoms with van der Waals surface area (Å²) >= 11 is 7.81. The van der Waals surface area contributed by atoms with Gasteiger partial charge in [-0.1, -0.05) is 29.8 Å². The first kappa shape index (κ1) is 25.2. The zero-order valence-electron chi connectivity index (χ0n) is 18.9. The highest BCUT2D eigenvalue weighted by molar-refractivity contribution is 7.49. The van der Waals surface area contributed by atoms with Gasteiger partial charge in [-0.2, -0.15) is 0 Å². The number of carbonyl (C=O) groups is 1. The van der Waals surface area contributed by atoms with Crippen LogP contribution in [0.2, 0.25) is 5.02 Å². The Balaban J connectivity index is 1.83. The summed E-state index contributed by atoms with van der Waals surface area (Å²) in [5, 5.41) is 0.981. The molecule has 1 aliphatic heterocycles. The fraction of sp³-hybridized carbons (Fsp3) is 0.500. The third-order valence-electron chi connectivity index (χ3n) is 4.74. The fourth-order valence-corrected chi connectivity index (χ4v) is 6.56. The monoisotopic (exact) mass is 501 g/mol. The molecule has 176 valence electrons. The number of rotatable bonds is 9. The van der Waals surface area contributed by atoms with E-state index in [0.29, 0.717) is 35.2 Å². The maximum Gasteiger partial charge on any atom is 0.531 e. The lowest BCUT2D eigenvalue weighted by Gasteiger charge is -2.33. The summed E-state index contributed by atoms with van der Waals surface area (Å²) in [5.41, 5.74) is 1.70. The Labute approximate surface area is 198 Å². The number of carbonyl (C=O) groups excluding carboxylic acids is 1. The van der Waals surface area contributed by atoms with E-state index < -0.39 is 13.9 Å². The Morgan fingerprint density at radius 1 is 1.16 bits per heavy atom. The molecule has 0 saturated carbocycles. The van der Waals surface area contributed by atoms with Crippen LogP contribution in [-0.2, 0) is 36.1 Å². The average Bonchev–Trinajstić information content (AvgIpc) is 3.08. The molecule has 7 nitrogen and oxygen atoms in total.